The first-order chi connectivity index (χ1) is 8.63. The summed E-state index contributed by atoms with van der Waals surface area (Å²) >= 11 is 0. The Morgan fingerprint density at radius 2 is 2.17 bits per heavy atom. The molecular weight excluding hydrogens is 234 g/mol. The van der Waals surface area contributed by atoms with Crippen LogP contribution in [-0.2, 0) is 9.47 Å². The number of rotatable bonds is 6. The van der Waals surface area contributed by atoms with E-state index in [1.807, 2.05) is 13.0 Å². The van der Waals surface area contributed by atoms with Gasteiger partial charge in [0.1, 0.15) is 6.73 Å². The maximum absolute atomic E-state index is 11.5. The Bertz CT molecular complexity index is 396. The topological polar surface area (TPSA) is 85.6 Å². The van der Waals surface area contributed by atoms with E-state index in [-0.39, 0.29) is 12.8 Å². The van der Waals surface area contributed by atoms with Crippen molar-refractivity contribution >= 4 is 17.4 Å². The zero-order valence-corrected chi connectivity index (χ0v) is 10.7. The van der Waals surface area contributed by atoms with E-state index in [2.05, 4.69) is 10.6 Å². The summed E-state index contributed by atoms with van der Waals surface area (Å²) < 4.78 is 9.91. The predicted octanol–water partition coefficient (Wildman–Crippen LogP) is 1.32. The molecule has 18 heavy (non-hydrogen) atoms. The SMILES string of the molecule is COCCOCNC(=O)Nc1ccc(C)cc1N. The number of amides is 2. The number of hydrogen-bond donors (Lipinski definition) is 3. The van der Waals surface area contributed by atoms with Crippen LogP contribution in [0.2, 0.25) is 0 Å². The summed E-state index contributed by atoms with van der Waals surface area (Å²) in [6.45, 7) is 2.99. The van der Waals surface area contributed by atoms with Gasteiger partial charge >= 0.3 is 6.03 Å². The highest BCUT2D eigenvalue weighted by Crippen LogP contribution is 2.18. The summed E-state index contributed by atoms with van der Waals surface area (Å²) in [5, 5.41) is 5.19. The molecule has 0 aliphatic rings. The molecule has 1 rings (SSSR count). The van der Waals surface area contributed by atoms with E-state index >= 15 is 0 Å². The van der Waals surface area contributed by atoms with Gasteiger partial charge in [0.05, 0.1) is 24.6 Å². The number of nitrogens with one attached hydrogen (secondary N) is 2. The number of ether oxygens (including phenoxy) is 2. The number of aryl methyl sites for hydroxylation is 1. The second-order valence-corrected chi connectivity index (χ2v) is 3.77. The van der Waals surface area contributed by atoms with Gasteiger partial charge in [-0.2, -0.15) is 0 Å². The van der Waals surface area contributed by atoms with Crippen LogP contribution in [0.4, 0.5) is 16.2 Å². The van der Waals surface area contributed by atoms with Gasteiger partial charge in [0.15, 0.2) is 0 Å². The number of urea groups is 1. The fraction of sp³-hybridized carbons (Fsp3) is 0.417. The van der Waals surface area contributed by atoms with Crippen molar-refractivity contribution in [3.8, 4) is 0 Å². The summed E-state index contributed by atoms with van der Waals surface area (Å²) in [6, 6.07) is 5.07. The van der Waals surface area contributed by atoms with Gasteiger partial charge in [-0.15, -0.1) is 0 Å². The van der Waals surface area contributed by atoms with Crippen LogP contribution in [0.3, 0.4) is 0 Å². The lowest BCUT2D eigenvalue weighted by atomic mass is 10.2. The Morgan fingerprint density at radius 3 is 2.83 bits per heavy atom. The second kappa shape index (κ2) is 7.52. The lowest BCUT2D eigenvalue weighted by Gasteiger charge is -2.10. The third-order valence-corrected chi connectivity index (χ3v) is 2.22. The smallest absolute Gasteiger partial charge is 0.321 e. The standard InChI is InChI=1S/C12H19N3O3/c1-9-3-4-11(10(13)7-9)15-12(16)14-8-18-6-5-17-2/h3-4,7H,5-6,8,13H2,1-2H3,(H2,14,15,16). The third-order valence-electron chi connectivity index (χ3n) is 2.22. The number of methoxy groups -OCH3 is 1. The number of nitrogens with two attached hydrogens (primary N) is 1. The first kappa shape index (κ1) is 14.3. The molecule has 0 fully saturated rings. The molecule has 0 aliphatic heterocycles. The van der Waals surface area contributed by atoms with Crippen LogP contribution in [0.1, 0.15) is 5.56 Å². The van der Waals surface area contributed by atoms with Crippen molar-refractivity contribution in [2.24, 2.45) is 0 Å². The maximum Gasteiger partial charge on any atom is 0.321 e. The molecule has 4 N–H and O–H groups in total. The van der Waals surface area contributed by atoms with E-state index in [0.717, 1.165) is 5.56 Å². The van der Waals surface area contributed by atoms with Crippen molar-refractivity contribution in [1.29, 1.82) is 0 Å². The number of carbonyl (C=O) groups excluding carboxylic acids is 1. The maximum atomic E-state index is 11.5. The Balaban J connectivity index is 2.31. The van der Waals surface area contributed by atoms with Crippen molar-refractivity contribution < 1.29 is 14.3 Å². The first-order valence-electron chi connectivity index (χ1n) is 5.61. The molecule has 1 aromatic carbocycles. The average molecular weight is 253 g/mol. The van der Waals surface area contributed by atoms with Gasteiger partial charge in [0.25, 0.3) is 0 Å². The number of hydrogen-bond acceptors (Lipinski definition) is 4. The van der Waals surface area contributed by atoms with E-state index < -0.39 is 0 Å². The number of carbonyl (C=O) groups is 1. The molecule has 0 aromatic heterocycles. The van der Waals surface area contributed by atoms with Gasteiger partial charge in [0, 0.05) is 7.11 Å². The lowest BCUT2D eigenvalue weighted by Crippen LogP contribution is -2.31. The van der Waals surface area contributed by atoms with Gasteiger partial charge < -0.3 is 25.8 Å². The van der Waals surface area contributed by atoms with Gasteiger partial charge in [0.2, 0.25) is 0 Å². The highest BCUT2D eigenvalue weighted by Gasteiger charge is 2.04. The fourth-order valence-corrected chi connectivity index (χ4v) is 1.29. The Labute approximate surface area is 106 Å². The predicted molar refractivity (Wildman–Crippen MR) is 70.4 cm³/mol. The molecule has 0 spiro atoms. The summed E-state index contributed by atoms with van der Waals surface area (Å²) in [7, 11) is 1.59. The van der Waals surface area contributed by atoms with Crippen LogP contribution in [0.5, 0.6) is 0 Å². The van der Waals surface area contributed by atoms with Crippen LogP contribution in [0.25, 0.3) is 0 Å². The number of nitrogen functional groups attached to an aromatic ring is 1. The number of anilines is 2. The molecule has 0 heterocycles. The lowest BCUT2D eigenvalue weighted by molar-refractivity contribution is 0.0650. The van der Waals surface area contributed by atoms with Crippen molar-refractivity contribution in [3.05, 3.63) is 23.8 Å². The van der Waals surface area contributed by atoms with E-state index in [1.165, 1.54) is 0 Å². The molecule has 1 aromatic rings. The van der Waals surface area contributed by atoms with Gasteiger partial charge in [-0.25, -0.2) is 4.79 Å². The van der Waals surface area contributed by atoms with Crippen molar-refractivity contribution in [3.63, 3.8) is 0 Å². The molecule has 0 saturated carbocycles. The summed E-state index contributed by atoms with van der Waals surface area (Å²) in [5.41, 5.74) is 7.93. The monoisotopic (exact) mass is 253 g/mol. The normalized spacial score (nSPS) is 10.1. The van der Waals surface area contributed by atoms with Crippen LogP contribution in [0.15, 0.2) is 18.2 Å². The quantitative estimate of drug-likeness (QED) is 0.405. The largest absolute Gasteiger partial charge is 0.397 e. The molecule has 100 valence electrons. The van der Waals surface area contributed by atoms with E-state index in [0.29, 0.717) is 24.6 Å². The highest BCUT2D eigenvalue weighted by atomic mass is 16.5. The van der Waals surface area contributed by atoms with Crippen molar-refractivity contribution in [1.82, 2.24) is 5.32 Å². The minimum atomic E-state index is -0.358. The first-order valence-corrected chi connectivity index (χ1v) is 5.61. The molecule has 0 atom stereocenters. The molecule has 6 nitrogen and oxygen atoms in total. The van der Waals surface area contributed by atoms with Crippen LogP contribution in [-0.4, -0.2) is 33.1 Å². The third kappa shape index (κ3) is 5.03. The van der Waals surface area contributed by atoms with Gasteiger partial charge in [-0.3, -0.25) is 0 Å². The van der Waals surface area contributed by atoms with Crippen molar-refractivity contribution in [2.75, 3.05) is 38.1 Å². The summed E-state index contributed by atoms with van der Waals surface area (Å²) in [4.78, 5) is 11.5. The Kier molecular flexibility index (Phi) is 5.96. The molecule has 0 radical (unpaired) electrons. The summed E-state index contributed by atoms with van der Waals surface area (Å²) in [6.07, 6.45) is 0. The van der Waals surface area contributed by atoms with E-state index in [1.54, 1.807) is 19.2 Å². The average Bonchev–Trinajstić information content (AvgIpc) is 2.32. The van der Waals surface area contributed by atoms with Gasteiger partial charge in [-0.1, -0.05) is 6.07 Å². The van der Waals surface area contributed by atoms with Crippen LogP contribution in [0, 0.1) is 6.92 Å². The van der Waals surface area contributed by atoms with Crippen molar-refractivity contribution in [2.45, 2.75) is 6.92 Å². The highest BCUT2D eigenvalue weighted by molar-refractivity contribution is 5.92. The molecule has 6 heteroatoms. The molecule has 0 unspecified atom stereocenters. The second-order valence-electron chi connectivity index (χ2n) is 3.77. The van der Waals surface area contributed by atoms with Crippen LogP contribution >= 0.6 is 0 Å². The van der Waals surface area contributed by atoms with E-state index in [9.17, 15) is 4.79 Å². The summed E-state index contributed by atoms with van der Waals surface area (Å²) in [5.74, 6) is 0. The van der Waals surface area contributed by atoms with Gasteiger partial charge in [-0.05, 0) is 24.6 Å². The zero-order valence-electron chi connectivity index (χ0n) is 10.7. The Morgan fingerprint density at radius 1 is 1.39 bits per heavy atom. The fourth-order valence-electron chi connectivity index (χ4n) is 1.29. The minimum Gasteiger partial charge on any atom is -0.397 e. The minimum absolute atomic E-state index is 0.126. The molecule has 0 bridgehead atoms. The van der Waals surface area contributed by atoms with E-state index in [4.69, 9.17) is 15.2 Å². The molecule has 2 amide bonds. The zero-order chi connectivity index (χ0) is 13.4. The molecular formula is C12H19N3O3. The molecule has 0 aliphatic carbocycles. The number of benzene rings is 1. The van der Waals surface area contributed by atoms with Crippen LogP contribution < -0.4 is 16.4 Å². The Hall–Kier alpha value is -1.79. The molecule has 0 saturated heterocycles.